The smallest absolute Gasteiger partial charge is 0.350 e. The molecule has 1 aliphatic heterocycles. The highest BCUT2D eigenvalue weighted by Gasteiger charge is 2.28. The minimum absolute atomic E-state index is 0.139. The molecule has 150 valence electrons. The summed E-state index contributed by atoms with van der Waals surface area (Å²) in [6.07, 6.45) is 2.70. The molecular formula is C19H22N2O5S2. The summed E-state index contributed by atoms with van der Waals surface area (Å²) in [7, 11) is -2.39. The van der Waals surface area contributed by atoms with Crippen LogP contribution < -0.4 is 5.32 Å². The zero-order valence-electron chi connectivity index (χ0n) is 15.7. The van der Waals surface area contributed by atoms with Gasteiger partial charge >= 0.3 is 5.97 Å². The Balaban J connectivity index is 1.88. The van der Waals surface area contributed by atoms with Gasteiger partial charge in [-0.1, -0.05) is 12.5 Å². The first-order chi connectivity index (χ1) is 13.3. The van der Waals surface area contributed by atoms with Crippen LogP contribution in [-0.4, -0.2) is 44.8 Å². The number of aryl methyl sites for hydroxylation is 1. The average Bonchev–Trinajstić information content (AvgIpc) is 3.16. The van der Waals surface area contributed by atoms with E-state index in [1.54, 1.807) is 30.5 Å². The van der Waals surface area contributed by atoms with Gasteiger partial charge in [-0.05, 0) is 48.9 Å². The van der Waals surface area contributed by atoms with Crippen molar-refractivity contribution in [3.63, 3.8) is 0 Å². The number of amides is 1. The van der Waals surface area contributed by atoms with Gasteiger partial charge in [0.15, 0.2) is 0 Å². The molecule has 1 N–H and O–H groups in total. The summed E-state index contributed by atoms with van der Waals surface area (Å²) in [5.74, 6) is -1.03. The molecule has 3 rings (SSSR count). The molecule has 0 aliphatic carbocycles. The monoisotopic (exact) mass is 422 g/mol. The van der Waals surface area contributed by atoms with Crippen molar-refractivity contribution in [3.8, 4) is 0 Å². The van der Waals surface area contributed by atoms with Crippen LogP contribution >= 0.6 is 11.3 Å². The first kappa shape index (κ1) is 20.5. The highest BCUT2D eigenvalue weighted by atomic mass is 32.2. The minimum atomic E-state index is -3.66. The quantitative estimate of drug-likeness (QED) is 0.747. The Labute approximate surface area is 168 Å². The number of hydrogen-bond acceptors (Lipinski definition) is 6. The fraction of sp³-hybridized carbons (Fsp3) is 0.368. The van der Waals surface area contributed by atoms with Gasteiger partial charge in [0, 0.05) is 18.7 Å². The number of carbonyl (C=O) groups is 2. The van der Waals surface area contributed by atoms with Gasteiger partial charge in [0.25, 0.3) is 5.91 Å². The zero-order chi connectivity index (χ0) is 20.3. The van der Waals surface area contributed by atoms with Crippen LogP contribution in [0.25, 0.3) is 0 Å². The van der Waals surface area contributed by atoms with Crippen molar-refractivity contribution in [1.29, 1.82) is 0 Å². The molecular weight excluding hydrogens is 400 g/mol. The van der Waals surface area contributed by atoms with E-state index in [1.165, 1.54) is 17.5 Å². The molecule has 0 spiro atoms. The van der Waals surface area contributed by atoms with Crippen molar-refractivity contribution in [1.82, 2.24) is 4.31 Å². The number of sulfonamides is 1. The van der Waals surface area contributed by atoms with Gasteiger partial charge in [0.1, 0.15) is 4.88 Å². The van der Waals surface area contributed by atoms with E-state index in [4.69, 9.17) is 4.74 Å². The number of hydrogen-bond donors (Lipinski definition) is 1. The van der Waals surface area contributed by atoms with Crippen LogP contribution in [0.15, 0.2) is 34.5 Å². The Morgan fingerprint density at radius 3 is 2.54 bits per heavy atom. The maximum Gasteiger partial charge on any atom is 0.350 e. The molecule has 7 nitrogen and oxygen atoms in total. The van der Waals surface area contributed by atoms with Crippen LogP contribution in [0.5, 0.6) is 0 Å². The molecule has 1 amide bonds. The van der Waals surface area contributed by atoms with E-state index in [2.05, 4.69) is 5.32 Å². The minimum Gasteiger partial charge on any atom is -0.465 e. The Morgan fingerprint density at radius 1 is 1.14 bits per heavy atom. The Morgan fingerprint density at radius 2 is 1.86 bits per heavy atom. The van der Waals surface area contributed by atoms with Gasteiger partial charge < -0.3 is 10.1 Å². The van der Waals surface area contributed by atoms with E-state index in [9.17, 15) is 18.0 Å². The summed E-state index contributed by atoms with van der Waals surface area (Å²) < 4.78 is 32.2. The van der Waals surface area contributed by atoms with Crippen molar-refractivity contribution in [2.45, 2.75) is 31.1 Å². The summed E-state index contributed by atoms with van der Waals surface area (Å²) in [6, 6.07) is 6.21. The summed E-state index contributed by atoms with van der Waals surface area (Å²) in [4.78, 5) is 24.9. The van der Waals surface area contributed by atoms with E-state index in [0.29, 0.717) is 24.3 Å². The van der Waals surface area contributed by atoms with Crippen LogP contribution in [0.4, 0.5) is 5.69 Å². The molecule has 0 saturated carbocycles. The summed E-state index contributed by atoms with van der Waals surface area (Å²) in [6.45, 7) is 2.71. The number of carbonyl (C=O) groups excluding carboxylic acids is 2. The number of piperidine rings is 1. The second-order valence-electron chi connectivity index (χ2n) is 6.55. The van der Waals surface area contributed by atoms with Crippen molar-refractivity contribution >= 4 is 38.9 Å². The fourth-order valence-corrected chi connectivity index (χ4v) is 5.65. The predicted molar refractivity (Wildman–Crippen MR) is 107 cm³/mol. The van der Waals surface area contributed by atoms with Gasteiger partial charge in [-0.15, -0.1) is 11.3 Å². The number of rotatable bonds is 5. The van der Waals surface area contributed by atoms with Crippen LogP contribution in [0.2, 0.25) is 0 Å². The second-order valence-corrected chi connectivity index (χ2v) is 9.38. The molecule has 1 fully saturated rings. The highest BCUT2D eigenvalue weighted by molar-refractivity contribution is 7.89. The standard InChI is InChI=1S/C19H22N2O5S2/c1-13-6-7-14(12-16(13)28(24,25)21-9-4-3-5-10-21)18(22)20-15-8-11-27-17(15)19(23)26-2/h6-8,11-12H,3-5,9-10H2,1-2H3,(H,20,22). The van der Waals surface area contributed by atoms with E-state index in [1.807, 2.05) is 0 Å². The number of nitrogens with zero attached hydrogens (tertiary/aromatic N) is 1. The van der Waals surface area contributed by atoms with Crippen molar-refractivity contribution in [2.75, 3.05) is 25.5 Å². The van der Waals surface area contributed by atoms with Crippen LogP contribution in [0.1, 0.15) is 44.9 Å². The molecule has 1 aromatic heterocycles. The number of esters is 1. The van der Waals surface area contributed by atoms with Crippen molar-refractivity contribution < 1.29 is 22.7 Å². The summed E-state index contributed by atoms with van der Waals surface area (Å²) >= 11 is 1.16. The highest BCUT2D eigenvalue weighted by Crippen LogP contribution is 2.26. The topological polar surface area (TPSA) is 92.8 Å². The molecule has 28 heavy (non-hydrogen) atoms. The SMILES string of the molecule is COC(=O)c1sccc1NC(=O)c1ccc(C)c(S(=O)(=O)N2CCCCC2)c1. The van der Waals surface area contributed by atoms with E-state index in [-0.39, 0.29) is 15.3 Å². The number of methoxy groups -OCH3 is 1. The third kappa shape index (κ3) is 4.11. The molecule has 2 heterocycles. The Kier molecular flexibility index (Phi) is 6.17. The van der Waals surface area contributed by atoms with Crippen LogP contribution in [-0.2, 0) is 14.8 Å². The van der Waals surface area contributed by atoms with Gasteiger partial charge in [-0.25, -0.2) is 13.2 Å². The molecule has 0 bridgehead atoms. The van der Waals surface area contributed by atoms with Crippen LogP contribution in [0.3, 0.4) is 0 Å². The lowest BCUT2D eigenvalue weighted by Crippen LogP contribution is -2.36. The lowest BCUT2D eigenvalue weighted by Gasteiger charge is -2.26. The zero-order valence-corrected chi connectivity index (χ0v) is 17.4. The lowest BCUT2D eigenvalue weighted by molar-refractivity contribution is 0.0607. The number of anilines is 1. The van der Waals surface area contributed by atoms with E-state index >= 15 is 0 Å². The molecule has 0 atom stereocenters. The molecule has 2 aromatic rings. The largest absolute Gasteiger partial charge is 0.465 e. The van der Waals surface area contributed by atoms with Gasteiger partial charge in [0.05, 0.1) is 17.7 Å². The summed E-state index contributed by atoms with van der Waals surface area (Å²) in [5, 5.41) is 4.33. The molecule has 9 heteroatoms. The number of nitrogens with one attached hydrogen (secondary N) is 1. The molecule has 0 unspecified atom stereocenters. The maximum atomic E-state index is 13.0. The Hall–Kier alpha value is -2.23. The van der Waals surface area contributed by atoms with Gasteiger partial charge in [-0.2, -0.15) is 4.31 Å². The maximum absolute atomic E-state index is 13.0. The van der Waals surface area contributed by atoms with Crippen molar-refractivity contribution in [2.24, 2.45) is 0 Å². The lowest BCUT2D eigenvalue weighted by atomic mass is 10.1. The average molecular weight is 423 g/mol. The predicted octanol–water partition coefficient (Wildman–Crippen LogP) is 3.27. The number of thiophene rings is 1. The molecule has 1 aliphatic rings. The van der Waals surface area contributed by atoms with Crippen LogP contribution in [0, 0.1) is 6.92 Å². The second kappa shape index (κ2) is 8.42. The first-order valence-electron chi connectivity index (χ1n) is 8.92. The van der Waals surface area contributed by atoms with E-state index < -0.39 is 21.9 Å². The normalized spacial score (nSPS) is 15.2. The van der Waals surface area contributed by atoms with Gasteiger partial charge in [0.2, 0.25) is 10.0 Å². The molecule has 0 radical (unpaired) electrons. The number of ether oxygens (including phenoxy) is 1. The Bertz CT molecular complexity index is 992. The van der Waals surface area contributed by atoms with Crippen molar-refractivity contribution in [3.05, 3.63) is 45.6 Å². The van der Waals surface area contributed by atoms with Gasteiger partial charge in [-0.3, -0.25) is 4.79 Å². The third-order valence-corrected chi connectivity index (χ3v) is 7.60. The number of benzene rings is 1. The third-order valence-electron chi connectivity index (χ3n) is 4.67. The molecule has 1 saturated heterocycles. The summed E-state index contributed by atoms with van der Waals surface area (Å²) in [5.41, 5.74) is 1.14. The van der Waals surface area contributed by atoms with E-state index in [0.717, 1.165) is 30.6 Å². The fourth-order valence-electron chi connectivity index (χ4n) is 3.12. The first-order valence-corrected chi connectivity index (χ1v) is 11.2. The molecule has 1 aromatic carbocycles.